The molecule has 8 heteroatoms. The van der Waals surface area contributed by atoms with Crippen molar-refractivity contribution in [2.24, 2.45) is 0 Å². The highest BCUT2D eigenvalue weighted by Crippen LogP contribution is 2.41. The van der Waals surface area contributed by atoms with Crippen molar-refractivity contribution in [3.05, 3.63) is 99.1 Å². The van der Waals surface area contributed by atoms with Crippen LogP contribution in [0.4, 0.5) is 4.39 Å². The van der Waals surface area contributed by atoms with E-state index in [2.05, 4.69) is 0 Å². The Balaban J connectivity index is 1.52. The summed E-state index contributed by atoms with van der Waals surface area (Å²) in [5, 5.41) is 0.964. The molecule has 0 unspecified atom stereocenters. The summed E-state index contributed by atoms with van der Waals surface area (Å²) in [6.45, 7) is 1.81. The van der Waals surface area contributed by atoms with Gasteiger partial charge in [0, 0.05) is 16.5 Å². The van der Waals surface area contributed by atoms with E-state index in [0.717, 1.165) is 28.6 Å². The highest BCUT2D eigenvalue weighted by atomic mass is 19.1. The average Bonchev–Trinajstić information content (AvgIpc) is 3.22. The number of hydrogen-bond acceptors (Lipinski definition) is 6. The van der Waals surface area contributed by atoms with Crippen molar-refractivity contribution < 1.29 is 23.5 Å². The summed E-state index contributed by atoms with van der Waals surface area (Å²) in [6.07, 6.45) is 0.0483. The van der Waals surface area contributed by atoms with Gasteiger partial charge in [0.25, 0.3) is 5.56 Å². The number of halogens is 1. The summed E-state index contributed by atoms with van der Waals surface area (Å²) in [5.74, 6) is -2.07. The van der Waals surface area contributed by atoms with Gasteiger partial charge in [-0.25, -0.2) is 19.0 Å². The molecule has 7 nitrogen and oxygen atoms in total. The monoisotopic (exact) mass is 470 g/mol. The molecule has 2 aromatic heterocycles. The number of ether oxygens (including phenoxy) is 2. The first kappa shape index (κ1) is 21.2. The van der Waals surface area contributed by atoms with Gasteiger partial charge in [-0.15, -0.1) is 0 Å². The zero-order valence-electron chi connectivity index (χ0n) is 18.7. The van der Waals surface area contributed by atoms with Gasteiger partial charge in [-0.05, 0) is 48.9 Å². The molecule has 0 bridgehead atoms. The second-order valence-corrected chi connectivity index (χ2v) is 8.66. The van der Waals surface area contributed by atoms with Gasteiger partial charge in [0.1, 0.15) is 12.4 Å². The molecule has 0 radical (unpaired) electrons. The van der Waals surface area contributed by atoms with Crippen LogP contribution in [0.1, 0.15) is 40.4 Å². The lowest BCUT2D eigenvalue weighted by Gasteiger charge is -2.35. The Labute approximate surface area is 198 Å². The van der Waals surface area contributed by atoms with Crippen molar-refractivity contribution in [2.75, 3.05) is 0 Å². The molecule has 1 atom stereocenters. The Morgan fingerprint density at radius 2 is 1.91 bits per heavy atom. The van der Waals surface area contributed by atoms with E-state index in [1.54, 1.807) is 17.6 Å². The lowest BCUT2D eigenvalue weighted by molar-refractivity contribution is -0.173. The van der Waals surface area contributed by atoms with Crippen molar-refractivity contribution in [2.45, 2.75) is 32.1 Å². The van der Waals surface area contributed by atoms with Gasteiger partial charge < -0.3 is 14.0 Å². The average molecular weight is 470 g/mol. The van der Waals surface area contributed by atoms with Crippen molar-refractivity contribution >= 4 is 22.8 Å². The largest absolute Gasteiger partial charge is 0.457 e. The maximum atomic E-state index is 13.5. The van der Waals surface area contributed by atoms with E-state index in [0.29, 0.717) is 23.5 Å². The molecule has 35 heavy (non-hydrogen) atoms. The van der Waals surface area contributed by atoms with E-state index in [4.69, 9.17) is 14.5 Å². The third-order valence-electron chi connectivity index (χ3n) is 6.73. The van der Waals surface area contributed by atoms with Crippen LogP contribution in [0.3, 0.4) is 0 Å². The number of fused-ring (bicyclic) bond motifs is 5. The highest BCUT2D eigenvalue weighted by Gasteiger charge is 2.50. The first-order valence-corrected chi connectivity index (χ1v) is 11.2. The van der Waals surface area contributed by atoms with Crippen LogP contribution < -0.4 is 5.56 Å². The van der Waals surface area contributed by atoms with Crippen molar-refractivity contribution in [1.82, 2.24) is 9.55 Å². The smallest absolute Gasteiger partial charge is 0.355 e. The summed E-state index contributed by atoms with van der Waals surface area (Å²) in [7, 11) is 0. The quantitative estimate of drug-likeness (QED) is 0.369. The molecule has 6 rings (SSSR count). The molecule has 4 aromatic rings. The van der Waals surface area contributed by atoms with Crippen LogP contribution in [-0.2, 0) is 33.0 Å². The summed E-state index contributed by atoms with van der Waals surface area (Å²) in [6, 6.07) is 16.2. The summed E-state index contributed by atoms with van der Waals surface area (Å²) in [4.78, 5) is 44.3. The second-order valence-electron chi connectivity index (χ2n) is 8.66. The van der Waals surface area contributed by atoms with Gasteiger partial charge in [-0.3, -0.25) is 4.79 Å². The van der Waals surface area contributed by atoms with Crippen LogP contribution >= 0.6 is 0 Å². The van der Waals surface area contributed by atoms with Gasteiger partial charge in [0.15, 0.2) is 0 Å². The first-order valence-electron chi connectivity index (χ1n) is 11.2. The van der Waals surface area contributed by atoms with Gasteiger partial charge in [0.05, 0.1) is 34.6 Å². The molecule has 0 amide bonds. The minimum absolute atomic E-state index is 0.0483. The number of aromatic nitrogens is 2. The topological polar surface area (TPSA) is 87.5 Å². The number of carbonyl (C=O) groups is 2. The molecule has 4 heterocycles. The summed E-state index contributed by atoms with van der Waals surface area (Å²) in [5.41, 5.74) is 1.39. The molecule has 0 saturated carbocycles. The molecule has 2 aliphatic rings. The number of benzene rings is 2. The number of para-hydroxylation sites is 1. The fourth-order valence-electron chi connectivity index (χ4n) is 4.89. The number of carbonyl (C=O) groups excluding carboxylic acids is 2. The van der Waals surface area contributed by atoms with Gasteiger partial charge in [0.2, 0.25) is 5.60 Å². The molecule has 0 fully saturated rings. The maximum Gasteiger partial charge on any atom is 0.355 e. The zero-order chi connectivity index (χ0) is 24.3. The maximum absolute atomic E-state index is 13.5. The molecular formula is C27H19FN2O5. The van der Waals surface area contributed by atoms with Crippen LogP contribution in [0, 0.1) is 5.82 Å². The van der Waals surface area contributed by atoms with Gasteiger partial charge >= 0.3 is 11.9 Å². The Hall–Kier alpha value is -4.33. The Kier molecular flexibility index (Phi) is 4.60. The predicted octanol–water partition coefficient (Wildman–Crippen LogP) is 4.08. The van der Waals surface area contributed by atoms with Crippen molar-refractivity contribution in [3.8, 4) is 11.4 Å². The number of esters is 2. The zero-order valence-corrected chi connectivity index (χ0v) is 18.7. The van der Waals surface area contributed by atoms with Crippen LogP contribution in [0.15, 0.2) is 65.5 Å². The van der Waals surface area contributed by atoms with Gasteiger partial charge in [-0.1, -0.05) is 25.1 Å². The molecule has 2 aromatic carbocycles. The Bertz CT molecular complexity index is 1610. The molecule has 2 aliphatic heterocycles. The predicted molar refractivity (Wildman–Crippen MR) is 124 cm³/mol. The van der Waals surface area contributed by atoms with E-state index in [9.17, 15) is 18.8 Å². The number of cyclic esters (lactones) is 1. The normalized spacial score (nSPS) is 17.9. The lowest BCUT2D eigenvalue weighted by atomic mass is 9.85. The Morgan fingerprint density at radius 3 is 2.69 bits per heavy atom. The third-order valence-corrected chi connectivity index (χ3v) is 6.73. The van der Waals surface area contributed by atoms with E-state index in [1.807, 2.05) is 30.3 Å². The fourth-order valence-corrected chi connectivity index (χ4v) is 4.89. The minimum Gasteiger partial charge on any atom is -0.457 e. The number of pyridine rings is 2. The van der Waals surface area contributed by atoms with Crippen molar-refractivity contribution in [3.63, 3.8) is 0 Å². The summed E-state index contributed by atoms with van der Waals surface area (Å²) >= 11 is 0. The van der Waals surface area contributed by atoms with E-state index in [1.165, 1.54) is 12.1 Å². The standard InChI is InChI=1S/C27H19FN2O5/c1-2-27(35-25(32)15-7-9-18(28)10-8-15)20-12-22-23-17(11-16-5-3-4-6-21(16)29-23)13-30(22)24(31)19(20)14-34-26(27)33/h3-12H,2,13-14H2,1H3/t27-/m0/s1. The summed E-state index contributed by atoms with van der Waals surface area (Å²) < 4.78 is 26.0. The molecule has 0 spiro atoms. The van der Waals surface area contributed by atoms with E-state index in [-0.39, 0.29) is 29.7 Å². The first-order chi connectivity index (χ1) is 16.9. The van der Waals surface area contributed by atoms with Gasteiger partial charge in [-0.2, -0.15) is 0 Å². The van der Waals surface area contributed by atoms with Crippen LogP contribution in [-0.4, -0.2) is 21.5 Å². The van der Waals surface area contributed by atoms with Crippen LogP contribution in [0.25, 0.3) is 22.3 Å². The number of hydrogen-bond donors (Lipinski definition) is 0. The number of rotatable bonds is 3. The molecule has 0 saturated heterocycles. The van der Waals surface area contributed by atoms with Crippen LogP contribution in [0.5, 0.6) is 0 Å². The molecular weight excluding hydrogens is 451 g/mol. The molecule has 174 valence electrons. The highest BCUT2D eigenvalue weighted by molar-refractivity contribution is 5.94. The molecule has 0 aliphatic carbocycles. The van der Waals surface area contributed by atoms with Crippen LogP contribution in [0.2, 0.25) is 0 Å². The number of nitrogens with zero attached hydrogens (tertiary/aromatic N) is 2. The fraction of sp³-hybridized carbons (Fsp3) is 0.185. The minimum atomic E-state index is -1.81. The van der Waals surface area contributed by atoms with Crippen molar-refractivity contribution in [1.29, 1.82) is 0 Å². The Morgan fingerprint density at radius 1 is 1.14 bits per heavy atom. The molecule has 0 N–H and O–H groups in total. The lowest BCUT2D eigenvalue weighted by Crippen LogP contribution is -2.47. The van der Waals surface area contributed by atoms with E-state index < -0.39 is 23.4 Å². The third kappa shape index (κ3) is 3.10. The van der Waals surface area contributed by atoms with E-state index >= 15 is 0 Å². The SMILES string of the molecule is CC[C@@]1(OC(=O)c2ccc(F)cc2)C(=O)OCc2c1cc1n(c2=O)Cc2cc3ccccc3nc2-1. The second kappa shape index (κ2) is 7.59.